The van der Waals surface area contributed by atoms with Crippen molar-refractivity contribution in [3.8, 4) is 5.75 Å². The largest absolute Gasteiger partial charge is 0.507 e. The number of pyridine rings is 2. The minimum atomic E-state index is -4.54. The highest BCUT2D eigenvalue weighted by atomic mass is 32.2. The normalized spacial score (nSPS) is 14.4. The smallest absolute Gasteiger partial charge is 0.286 e. The van der Waals surface area contributed by atoms with Gasteiger partial charge < -0.3 is 10.4 Å². The number of benzene rings is 2. The minimum absolute atomic E-state index is 0.00322. The fraction of sp³-hybridized carbons (Fsp3) is 0.0833. The van der Waals surface area contributed by atoms with Gasteiger partial charge in [-0.3, -0.25) is 13.9 Å². The lowest BCUT2D eigenvalue weighted by Gasteiger charge is -2.21. The maximum atomic E-state index is 14.1. The Labute approximate surface area is 219 Å². The molecule has 0 radical (unpaired) electrons. The van der Waals surface area contributed by atoms with Crippen LogP contribution in [-0.2, 0) is 26.5 Å². The van der Waals surface area contributed by atoms with Gasteiger partial charge in [0.1, 0.15) is 33.7 Å². The fourth-order valence-corrected chi connectivity index (χ4v) is 5.94. The molecule has 2 aromatic carbocycles. The maximum Gasteiger partial charge on any atom is 0.286 e. The van der Waals surface area contributed by atoms with E-state index < -0.39 is 65.1 Å². The summed E-state index contributed by atoms with van der Waals surface area (Å²) in [5, 5.41) is 13.8. The molecule has 1 aliphatic heterocycles. The number of aromatic hydroxyl groups is 1. The second-order valence-corrected chi connectivity index (χ2v) is 12.0. The van der Waals surface area contributed by atoms with Crippen molar-refractivity contribution in [2.24, 2.45) is 4.40 Å². The zero-order valence-corrected chi connectivity index (χ0v) is 21.4. The van der Waals surface area contributed by atoms with Crippen LogP contribution in [0.25, 0.3) is 5.52 Å². The third-order valence-electron chi connectivity index (χ3n) is 5.74. The number of nitrogens with one attached hydrogen (secondary N) is 2. The lowest BCUT2D eigenvalue weighted by atomic mass is 10.00. The molecule has 15 heteroatoms. The number of amidine groups is 1. The van der Waals surface area contributed by atoms with E-state index in [1.54, 1.807) is 0 Å². The lowest BCUT2D eigenvalue weighted by molar-refractivity contribution is 0.466. The van der Waals surface area contributed by atoms with Gasteiger partial charge in [-0.25, -0.2) is 21.6 Å². The Balaban J connectivity index is 1.71. The molecule has 0 aliphatic carbocycles. The molecule has 1 aliphatic rings. The molecule has 10 nitrogen and oxygen atoms in total. The van der Waals surface area contributed by atoms with Gasteiger partial charge in [0, 0.05) is 29.9 Å². The molecular formula is C24H17F3N4O6S2. The van der Waals surface area contributed by atoms with Crippen LogP contribution < -0.4 is 15.6 Å². The van der Waals surface area contributed by atoms with Crippen molar-refractivity contribution in [3.63, 3.8) is 0 Å². The number of aromatic nitrogens is 1. The van der Waals surface area contributed by atoms with Crippen LogP contribution in [0.4, 0.5) is 24.5 Å². The number of hydrogen-bond acceptors (Lipinski definition) is 7. The predicted molar refractivity (Wildman–Crippen MR) is 137 cm³/mol. The van der Waals surface area contributed by atoms with E-state index in [9.17, 15) is 39.9 Å². The van der Waals surface area contributed by atoms with E-state index in [2.05, 4.69) is 14.4 Å². The van der Waals surface area contributed by atoms with Crippen LogP contribution in [0.15, 0.2) is 68.8 Å². The molecule has 0 saturated carbocycles. The van der Waals surface area contributed by atoms with Crippen LogP contribution in [-0.4, -0.2) is 38.4 Å². The van der Waals surface area contributed by atoms with E-state index >= 15 is 0 Å². The van der Waals surface area contributed by atoms with Crippen molar-refractivity contribution in [1.82, 2.24) is 4.40 Å². The molecule has 0 amide bonds. The Morgan fingerprint density at radius 2 is 1.72 bits per heavy atom. The van der Waals surface area contributed by atoms with Crippen molar-refractivity contribution in [3.05, 3.63) is 99.2 Å². The molecular weight excluding hydrogens is 561 g/mol. The summed E-state index contributed by atoms with van der Waals surface area (Å²) in [7, 11) is -8.26. The van der Waals surface area contributed by atoms with Crippen molar-refractivity contribution in [1.29, 1.82) is 0 Å². The average molecular weight is 579 g/mol. The summed E-state index contributed by atoms with van der Waals surface area (Å²) in [4.78, 5) is 13.0. The summed E-state index contributed by atoms with van der Waals surface area (Å²) in [5.74, 6) is -3.94. The van der Waals surface area contributed by atoms with E-state index in [0.29, 0.717) is 6.07 Å². The van der Waals surface area contributed by atoms with Crippen LogP contribution in [0, 0.1) is 17.5 Å². The topological polar surface area (TPSA) is 146 Å². The molecule has 3 N–H and O–H groups in total. The summed E-state index contributed by atoms with van der Waals surface area (Å²) in [6.07, 6.45) is 1.37. The van der Waals surface area contributed by atoms with Gasteiger partial charge >= 0.3 is 0 Å². The molecule has 0 atom stereocenters. The van der Waals surface area contributed by atoms with Gasteiger partial charge in [-0.2, -0.15) is 8.42 Å². The molecule has 0 bridgehead atoms. The summed E-state index contributed by atoms with van der Waals surface area (Å²) in [5.41, 5.74) is -1.81. The molecule has 0 unspecified atom stereocenters. The third-order valence-corrected chi connectivity index (χ3v) is 7.67. The zero-order valence-electron chi connectivity index (χ0n) is 19.7. The molecule has 2 aromatic heterocycles. The number of hydrogen-bond donors (Lipinski definition) is 3. The highest BCUT2D eigenvalue weighted by molar-refractivity contribution is 7.92. The van der Waals surface area contributed by atoms with Gasteiger partial charge in [-0.05, 0) is 48.0 Å². The molecule has 39 heavy (non-hydrogen) atoms. The summed E-state index contributed by atoms with van der Waals surface area (Å²) >= 11 is 0. The van der Waals surface area contributed by atoms with Crippen LogP contribution in [0.2, 0.25) is 0 Å². The van der Waals surface area contributed by atoms with E-state index in [0.717, 1.165) is 41.1 Å². The first kappa shape index (κ1) is 26.2. The van der Waals surface area contributed by atoms with Crippen LogP contribution >= 0.6 is 0 Å². The summed E-state index contributed by atoms with van der Waals surface area (Å²) in [6.45, 7) is 0. The second kappa shape index (κ2) is 9.13. The van der Waals surface area contributed by atoms with E-state index in [-0.39, 0.29) is 34.4 Å². The SMILES string of the molecule is CS(=O)(=O)Nc1ccc2c(c1)S(=O)(=O)N=C(c1c(O)c(Cc3cc(F)cc(F)c3)c3ccc(F)cn3c1=O)N2. The van der Waals surface area contributed by atoms with E-state index in [1.165, 1.54) is 18.2 Å². The van der Waals surface area contributed by atoms with Gasteiger partial charge in [-0.15, -0.1) is 4.40 Å². The third kappa shape index (κ3) is 5.05. The Morgan fingerprint density at radius 3 is 2.38 bits per heavy atom. The van der Waals surface area contributed by atoms with Gasteiger partial charge in [-0.1, -0.05) is 0 Å². The first-order chi connectivity index (χ1) is 18.2. The second-order valence-electron chi connectivity index (χ2n) is 8.69. The highest BCUT2D eigenvalue weighted by Crippen LogP contribution is 2.34. The average Bonchev–Trinajstić information content (AvgIpc) is 2.80. The van der Waals surface area contributed by atoms with Gasteiger partial charge in [0.05, 0.1) is 17.5 Å². The van der Waals surface area contributed by atoms with Crippen LogP contribution in [0.3, 0.4) is 0 Å². The lowest BCUT2D eigenvalue weighted by Crippen LogP contribution is -2.31. The monoisotopic (exact) mass is 578 g/mol. The minimum Gasteiger partial charge on any atom is -0.507 e. The Morgan fingerprint density at radius 1 is 1.03 bits per heavy atom. The standard InChI is InChI=1S/C24H17F3N4O6S2/c1-38(34,35)29-16-3-4-18-20(10-16)39(36,37)30-23(28-18)21-22(32)17(8-12-6-14(26)9-15(27)7-12)19-5-2-13(25)11-31(19)24(21)33/h2-7,9-11,29,32H,8H2,1H3,(H,28,30). The maximum absolute atomic E-state index is 14.1. The molecule has 5 rings (SSSR count). The van der Waals surface area contributed by atoms with Gasteiger partial charge in [0.2, 0.25) is 10.0 Å². The molecule has 0 spiro atoms. The summed E-state index contributed by atoms with van der Waals surface area (Å²) in [6, 6.07) is 8.37. The molecule has 0 saturated heterocycles. The van der Waals surface area contributed by atoms with E-state index in [1.807, 2.05) is 0 Å². The predicted octanol–water partition coefficient (Wildman–Crippen LogP) is 2.95. The Hall–Kier alpha value is -4.37. The Kier molecular flexibility index (Phi) is 6.14. The van der Waals surface area contributed by atoms with Crippen LogP contribution in [0.1, 0.15) is 16.7 Å². The first-order valence-electron chi connectivity index (χ1n) is 11.0. The fourth-order valence-electron chi connectivity index (χ4n) is 4.23. The molecule has 4 aromatic rings. The number of anilines is 2. The van der Waals surface area contributed by atoms with Gasteiger partial charge in [0.25, 0.3) is 15.6 Å². The number of fused-ring (bicyclic) bond motifs is 2. The number of rotatable bonds is 5. The number of sulfonamides is 2. The molecule has 3 heterocycles. The van der Waals surface area contributed by atoms with Crippen molar-refractivity contribution >= 4 is 42.8 Å². The molecule has 0 fully saturated rings. The number of halogens is 3. The zero-order chi connectivity index (χ0) is 28.3. The van der Waals surface area contributed by atoms with Crippen LogP contribution in [0.5, 0.6) is 5.75 Å². The van der Waals surface area contributed by atoms with E-state index in [4.69, 9.17) is 0 Å². The highest BCUT2D eigenvalue weighted by Gasteiger charge is 2.31. The van der Waals surface area contributed by atoms with Crippen molar-refractivity contribution in [2.45, 2.75) is 11.3 Å². The Bertz CT molecular complexity index is 1990. The first-order valence-corrected chi connectivity index (χ1v) is 14.3. The molecule has 202 valence electrons. The summed E-state index contributed by atoms with van der Waals surface area (Å²) < 4.78 is 97.5. The quantitative estimate of drug-likeness (QED) is 0.330. The van der Waals surface area contributed by atoms with Gasteiger partial charge in [0.15, 0.2) is 5.84 Å². The van der Waals surface area contributed by atoms with Crippen molar-refractivity contribution in [2.75, 3.05) is 16.3 Å². The number of nitrogens with zero attached hydrogens (tertiary/aromatic N) is 2. The van der Waals surface area contributed by atoms with Crippen molar-refractivity contribution < 1.29 is 35.1 Å².